The molecule has 0 amide bonds. The van der Waals surface area contributed by atoms with Crippen molar-refractivity contribution >= 4 is 11.8 Å². The van der Waals surface area contributed by atoms with Gasteiger partial charge in [0.05, 0.1) is 0 Å². The van der Waals surface area contributed by atoms with Crippen LogP contribution in [0.15, 0.2) is 18.2 Å². The van der Waals surface area contributed by atoms with Crippen molar-refractivity contribution < 1.29 is 8.78 Å². The van der Waals surface area contributed by atoms with Gasteiger partial charge in [-0.2, -0.15) is 11.8 Å². The molecule has 0 saturated carbocycles. The maximum atomic E-state index is 13.6. The molecular formula is C14H21F2NS. The molecule has 0 aliphatic carbocycles. The van der Waals surface area contributed by atoms with Crippen LogP contribution in [0.1, 0.15) is 19.4 Å². The highest BCUT2D eigenvalue weighted by molar-refractivity contribution is 7.98. The fourth-order valence-corrected chi connectivity index (χ4v) is 2.81. The van der Waals surface area contributed by atoms with Crippen LogP contribution in [0, 0.1) is 17.6 Å². The number of benzene rings is 1. The molecule has 1 nitrogen and oxygen atoms in total. The molecule has 0 spiro atoms. The average Bonchev–Trinajstić information content (AvgIpc) is 2.33. The van der Waals surface area contributed by atoms with Crippen LogP contribution in [0.2, 0.25) is 0 Å². The summed E-state index contributed by atoms with van der Waals surface area (Å²) < 4.78 is 26.8. The molecule has 18 heavy (non-hydrogen) atoms. The molecule has 1 N–H and O–H groups in total. The van der Waals surface area contributed by atoms with Gasteiger partial charge in [0, 0.05) is 6.04 Å². The van der Waals surface area contributed by atoms with Gasteiger partial charge in [0.1, 0.15) is 11.6 Å². The Balaban J connectivity index is 2.78. The van der Waals surface area contributed by atoms with Gasteiger partial charge in [-0.05, 0) is 54.7 Å². The molecule has 2 unspecified atom stereocenters. The van der Waals surface area contributed by atoms with Gasteiger partial charge in [0.25, 0.3) is 0 Å². The highest BCUT2D eigenvalue weighted by atomic mass is 32.2. The fourth-order valence-electron chi connectivity index (χ4n) is 2.05. The molecule has 0 aliphatic heterocycles. The Morgan fingerprint density at radius 3 is 2.67 bits per heavy atom. The Hall–Kier alpha value is -0.610. The number of hydrogen-bond donors (Lipinski definition) is 1. The minimum Gasteiger partial charge on any atom is -0.314 e. The lowest BCUT2D eigenvalue weighted by Crippen LogP contribution is -2.38. The molecule has 4 heteroatoms. The van der Waals surface area contributed by atoms with Crippen molar-refractivity contribution in [1.29, 1.82) is 0 Å². The molecule has 2 atom stereocenters. The van der Waals surface area contributed by atoms with Crippen molar-refractivity contribution in [2.24, 2.45) is 5.92 Å². The van der Waals surface area contributed by atoms with Crippen molar-refractivity contribution in [1.82, 2.24) is 5.32 Å². The summed E-state index contributed by atoms with van der Waals surface area (Å²) >= 11 is 1.77. The smallest absolute Gasteiger partial charge is 0.126 e. The zero-order valence-corrected chi connectivity index (χ0v) is 12.0. The molecule has 0 saturated heterocycles. The Kier molecular flexibility index (Phi) is 6.65. The topological polar surface area (TPSA) is 12.0 Å². The van der Waals surface area contributed by atoms with E-state index < -0.39 is 0 Å². The lowest BCUT2D eigenvalue weighted by atomic mass is 9.96. The first-order chi connectivity index (χ1) is 8.58. The van der Waals surface area contributed by atoms with Crippen molar-refractivity contribution in [3.05, 3.63) is 35.4 Å². The largest absolute Gasteiger partial charge is 0.314 e. The first-order valence-corrected chi connectivity index (χ1v) is 7.64. The zero-order valence-electron chi connectivity index (χ0n) is 11.2. The summed E-state index contributed by atoms with van der Waals surface area (Å²) in [7, 11) is 0. The van der Waals surface area contributed by atoms with Crippen LogP contribution in [0.25, 0.3) is 0 Å². The summed E-state index contributed by atoms with van der Waals surface area (Å²) in [6.45, 7) is 5.00. The van der Waals surface area contributed by atoms with Crippen molar-refractivity contribution in [2.75, 3.05) is 18.6 Å². The average molecular weight is 273 g/mol. The lowest BCUT2D eigenvalue weighted by Gasteiger charge is -2.24. The van der Waals surface area contributed by atoms with Crippen molar-refractivity contribution in [3.8, 4) is 0 Å². The van der Waals surface area contributed by atoms with Gasteiger partial charge < -0.3 is 5.32 Å². The minimum atomic E-state index is -0.376. The van der Waals surface area contributed by atoms with E-state index >= 15 is 0 Å². The van der Waals surface area contributed by atoms with Crippen molar-refractivity contribution in [2.45, 2.75) is 26.3 Å². The molecule has 0 radical (unpaired) electrons. The summed E-state index contributed by atoms with van der Waals surface area (Å²) in [5.41, 5.74) is 0.453. The second-order valence-electron chi connectivity index (χ2n) is 4.54. The highest BCUT2D eigenvalue weighted by Crippen LogP contribution is 2.17. The van der Waals surface area contributed by atoms with Crippen LogP contribution in [0.5, 0.6) is 0 Å². The van der Waals surface area contributed by atoms with E-state index in [2.05, 4.69) is 18.5 Å². The van der Waals surface area contributed by atoms with Crippen LogP contribution < -0.4 is 5.32 Å². The van der Waals surface area contributed by atoms with E-state index in [1.165, 1.54) is 12.1 Å². The summed E-state index contributed by atoms with van der Waals surface area (Å²) in [5.74, 6) is 0.728. The third-order valence-corrected chi connectivity index (χ3v) is 3.89. The van der Waals surface area contributed by atoms with E-state index in [-0.39, 0.29) is 17.7 Å². The van der Waals surface area contributed by atoms with Gasteiger partial charge in [-0.15, -0.1) is 0 Å². The molecule has 0 heterocycles. The number of halogens is 2. The van der Waals surface area contributed by atoms with E-state index in [1.807, 2.05) is 6.92 Å². The maximum absolute atomic E-state index is 13.6. The molecule has 102 valence electrons. The fraction of sp³-hybridized carbons (Fsp3) is 0.571. The number of likely N-dealkylation sites (N-methyl/N-ethyl adjacent to an activating group) is 1. The summed E-state index contributed by atoms with van der Waals surface area (Å²) in [6, 6.07) is 3.84. The maximum Gasteiger partial charge on any atom is 0.126 e. The van der Waals surface area contributed by atoms with Crippen molar-refractivity contribution in [3.63, 3.8) is 0 Å². The second kappa shape index (κ2) is 7.74. The summed E-state index contributed by atoms with van der Waals surface area (Å²) in [6.07, 6.45) is 2.58. The monoisotopic (exact) mass is 273 g/mol. The predicted octanol–water partition coefficient (Wildman–Crippen LogP) is 3.48. The van der Waals surface area contributed by atoms with Gasteiger partial charge >= 0.3 is 0 Å². The standard InChI is InChI=1S/C14H21F2NS/c1-4-17-14(10(2)9-18-3)8-11-7-12(15)5-6-13(11)16/h5-7,10,14,17H,4,8-9H2,1-3H3. The van der Waals surface area contributed by atoms with E-state index in [4.69, 9.17) is 0 Å². The van der Waals surface area contributed by atoms with Gasteiger partial charge in [-0.3, -0.25) is 0 Å². The van der Waals surface area contributed by atoms with Gasteiger partial charge in [-0.1, -0.05) is 13.8 Å². The molecular weight excluding hydrogens is 252 g/mol. The summed E-state index contributed by atoms with van der Waals surface area (Å²) in [5, 5.41) is 3.36. The highest BCUT2D eigenvalue weighted by Gasteiger charge is 2.18. The van der Waals surface area contributed by atoms with Crippen LogP contribution in [0.4, 0.5) is 8.78 Å². The molecule has 1 aromatic carbocycles. The quantitative estimate of drug-likeness (QED) is 0.816. The first-order valence-electron chi connectivity index (χ1n) is 6.24. The molecule has 0 aromatic heterocycles. The third kappa shape index (κ3) is 4.58. The molecule has 1 aromatic rings. The Bertz CT molecular complexity index is 371. The second-order valence-corrected chi connectivity index (χ2v) is 5.45. The Labute approximate surface area is 112 Å². The van der Waals surface area contributed by atoms with E-state index in [1.54, 1.807) is 11.8 Å². The zero-order chi connectivity index (χ0) is 13.5. The predicted molar refractivity (Wildman–Crippen MR) is 75.1 cm³/mol. The van der Waals surface area contributed by atoms with Gasteiger partial charge in [0.2, 0.25) is 0 Å². The number of nitrogens with one attached hydrogen (secondary N) is 1. The molecule has 1 rings (SSSR count). The lowest BCUT2D eigenvalue weighted by molar-refractivity contribution is 0.404. The number of rotatable bonds is 7. The van der Waals surface area contributed by atoms with Gasteiger partial charge in [0.15, 0.2) is 0 Å². The van der Waals surface area contributed by atoms with Crippen LogP contribution in [-0.2, 0) is 6.42 Å². The molecule has 0 aliphatic rings. The normalized spacial score (nSPS) is 14.5. The number of thioether (sulfide) groups is 1. The van der Waals surface area contributed by atoms with E-state index in [0.717, 1.165) is 18.4 Å². The minimum absolute atomic E-state index is 0.179. The SMILES string of the molecule is CCNC(Cc1cc(F)ccc1F)C(C)CSC. The summed E-state index contributed by atoms with van der Waals surface area (Å²) in [4.78, 5) is 0. The van der Waals surface area contributed by atoms with Crippen LogP contribution >= 0.6 is 11.8 Å². The van der Waals surface area contributed by atoms with Crippen LogP contribution in [0.3, 0.4) is 0 Å². The van der Waals surface area contributed by atoms with E-state index in [0.29, 0.717) is 17.9 Å². The Morgan fingerprint density at radius 1 is 1.33 bits per heavy atom. The molecule has 0 bridgehead atoms. The third-order valence-electron chi connectivity index (χ3n) is 3.03. The van der Waals surface area contributed by atoms with E-state index in [9.17, 15) is 8.78 Å². The molecule has 0 fully saturated rings. The first kappa shape index (κ1) is 15.4. The number of hydrogen-bond acceptors (Lipinski definition) is 2. The van der Waals surface area contributed by atoms with Crippen LogP contribution in [-0.4, -0.2) is 24.6 Å². The van der Waals surface area contributed by atoms with Gasteiger partial charge in [-0.25, -0.2) is 8.78 Å². The Morgan fingerprint density at radius 2 is 2.06 bits per heavy atom.